The van der Waals surface area contributed by atoms with Gasteiger partial charge in [0.05, 0.1) is 0 Å². The average Bonchev–Trinajstić information content (AvgIpc) is 2.08. The molecule has 0 rings (SSSR count). The summed E-state index contributed by atoms with van der Waals surface area (Å²) in [5.41, 5.74) is 0.346. The molecule has 0 radical (unpaired) electrons. The van der Waals surface area contributed by atoms with Gasteiger partial charge in [0, 0.05) is 6.54 Å². The van der Waals surface area contributed by atoms with E-state index in [2.05, 4.69) is 38.9 Å². The van der Waals surface area contributed by atoms with E-state index in [9.17, 15) is 0 Å². The first-order chi connectivity index (χ1) is 6.56. The number of hydrogen-bond donors (Lipinski definition) is 0. The van der Waals surface area contributed by atoms with Crippen LogP contribution in [-0.4, -0.2) is 12.8 Å². The van der Waals surface area contributed by atoms with Crippen molar-refractivity contribution < 1.29 is 0 Å². The van der Waals surface area contributed by atoms with Gasteiger partial charge in [-0.25, -0.2) is 0 Å². The molecule has 0 unspecified atom stereocenters. The van der Waals surface area contributed by atoms with Gasteiger partial charge in [0.15, 0.2) is 0 Å². The Hall–Kier alpha value is -0.330. The first-order valence-electron chi connectivity index (χ1n) is 6.04. The van der Waals surface area contributed by atoms with Crippen LogP contribution < -0.4 is 0 Å². The van der Waals surface area contributed by atoms with E-state index < -0.39 is 0 Å². The van der Waals surface area contributed by atoms with Crippen LogP contribution in [0.5, 0.6) is 0 Å². The molecule has 0 aliphatic rings. The second-order valence-electron chi connectivity index (χ2n) is 5.29. The van der Waals surface area contributed by atoms with Crippen LogP contribution in [0.2, 0.25) is 0 Å². The Balaban J connectivity index is 3.19. The van der Waals surface area contributed by atoms with Crippen molar-refractivity contribution in [3.63, 3.8) is 0 Å². The fraction of sp³-hybridized carbons (Fsp3) is 0.923. The van der Waals surface area contributed by atoms with E-state index in [4.69, 9.17) is 0 Å². The van der Waals surface area contributed by atoms with Crippen LogP contribution in [0.1, 0.15) is 66.2 Å². The van der Waals surface area contributed by atoms with E-state index in [1.54, 1.807) is 0 Å². The minimum atomic E-state index is 0.346. The molecule has 0 fully saturated rings. The summed E-state index contributed by atoms with van der Waals surface area (Å²) >= 11 is 0. The van der Waals surface area contributed by atoms with E-state index in [1.165, 1.54) is 38.5 Å². The van der Waals surface area contributed by atoms with Gasteiger partial charge in [-0.15, -0.1) is 0 Å². The van der Waals surface area contributed by atoms with Crippen LogP contribution in [0.4, 0.5) is 0 Å². The largest absolute Gasteiger partial charge is 0.297 e. The second kappa shape index (κ2) is 8.02. The maximum absolute atomic E-state index is 4.44. The first kappa shape index (κ1) is 13.7. The molecule has 1 heteroatoms. The average molecular weight is 197 g/mol. The van der Waals surface area contributed by atoms with E-state index in [0.29, 0.717) is 5.41 Å². The Morgan fingerprint density at radius 2 is 1.64 bits per heavy atom. The van der Waals surface area contributed by atoms with Crippen molar-refractivity contribution in [3.8, 4) is 0 Å². The zero-order chi connectivity index (χ0) is 10.9. The smallest absolute Gasteiger partial charge is 0.0433 e. The highest BCUT2D eigenvalue weighted by Crippen LogP contribution is 2.12. The monoisotopic (exact) mass is 197 g/mol. The van der Waals surface area contributed by atoms with Crippen molar-refractivity contribution in [2.24, 2.45) is 10.4 Å². The maximum atomic E-state index is 4.44. The van der Waals surface area contributed by atoms with Gasteiger partial charge in [-0.3, -0.25) is 4.99 Å². The standard InChI is InChI=1S/C13H27N/c1-5-6-7-8-9-10-11-14-12-13(2,3)4/h11H,5-10,12H2,1-4H3. The molecular weight excluding hydrogens is 170 g/mol. The highest BCUT2D eigenvalue weighted by atomic mass is 14.7. The van der Waals surface area contributed by atoms with Crippen LogP contribution in [0.3, 0.4) is 0 Å². The molecule has 1 nitrogen and oxygen atoms in total. The van der Waals surface area contributed by atoms with Gasteiger partial charge in [0.25, 0.3) is 0 Å². The molecule has 0 aliphatic carbocycles. The highest BCUT2D eigenvalue weighted by molar-refractivity contribution is 5.56. The fourth-order valence-corrected chi connectivity index (χ4v) is 1.27. The second-order valence-corrected chi connectivity index (χ2v) is 5.29. The summed E-state index contributed by atoms with van der Waals surface area (Å²) in [5, 5.41) is 0. The summed E-state index contributed by atoms with van der Waals surface area (Å²) in [6, 6.07) is 0. The molecule has 0 aliphatic heterocycles. The molecule has 0 N–H and O–H groups in total. The predicted molar refractivity (Wildman–Crippen MR) is 66.2 cm³/mol. The lowest BCUT2D eigenvalue weighted by molar-refractivity contribution is 0.430. The lowest BCUT2D eigenvalue weighted by Gasteiger charge is -2.13. The molecule has 0 aromatic rings. The third-order valence-electron chi connectivity index (χ3n) is 2.13. The van der Waals surface area contributed by atoms with Crippen LogP contribution in [0.15, 0.2) is 4.99 Å². The number of nitrogens with zero attached hydrogens (tertiary/aromatic N) is 1. The molecule has 0 aromatic heterocycles. The Labute approximate surface area is 90.0 Å². The fourth-order valence-electron chi connectivity index (χ4n) is 1.27. The zero-order valence-corrected chi connectivity index (χ0v) is 10.5. The summed E-state index contributed by atoms with van der Waals surface area (Å²) in [6.07, 6.45) is 10.1. The number of unbranched alkanes of at least 4 members (excludes halogenated alkanes) is 5. The highest BCUT2D eigenvalue weighted by Gasteiger charge is 2.06. The lowest BCUT2D eigenvalue weighted by Crippen LogP contribution is -2.09. The molecule has 0 amide bonds. The van der Waals surface area contributed by atoms with Gasteiger partial charge < -0.3 is 0 Å². The Bertz CT molecular complexity index is 142. The summed E-state index contributed by atoms with van der Waals surface area (Å²) in [6.45, 7) is 9.90. The number of hydrogen-bond acceptors (Lipinski definition) is 1. The van der Waals surface area contributed by atoms with Crippen molar-refractivity contribution in [2.75, 3.05) is 6.54 Å². The Morgan fingerprint density at radius 3 is 2.21 bits per heavy atom. The van der Waals surface area contributed by atoms with Crippen molar-refractivity contribution in [1.82, 2.24) is 0 Å². The summed E-state index contributed by atoms with van der Waals surface area (Å²) in [4.78, 5) is 4.44. The van der Waals surface area contributed by atoms with E-state index >= 15 is 0 Å². The van der Waals surface area contributed by atoms with Gasteiger partial charge in [-0.2, -0.15) is 0 Å². The SMILES string of the molecule is CCCCCCCC=NCC(C)(C)C. The molecule has 0 saturated heterocycles. The van der Waals surface area contributed by atoms with E-state index in [1.807, 2.05) is 0 Å². The summed E-state index contributed by atoms with van der Waals surface area (Å²) < 4.78 is 0. The predicted octanol–water partition coefficient (Wildman–Crippen LogP) is 4.46. The number of aliphatic imine (C=N–C) groups is 1. The topological polar surface area (TPSA) is 12.4 Å². The minimum absolute atomic E-state index is 0.346. The lowest BCUT2D eigenvalue weighted by atomic mass is 9.97. The first-order valence-corrected chi connectivity index (χ1v) is 6.04. The zero-order valence-electron chi connectivity index (χ0n) is 10.5. The molecule has 84 valence electrons. The van der Waals surface area contributed by atoms with Crippen LogP contribution in [-0.2, 0) is 0 Å². The Morgan fingerprint density at radius 1 is 1.00 bits per heavy atom. The van der Waals surface area contributed by atoms with Crippen molar-refractivity contribution in [2.45, 2.75) is 66.2 Å². The number of rotatable bonds is 7. The summed E-state index contributed by atoms with van der Waals surface area (Å²) in [7, 11) is 0. The van der Waals surface area contributed by atoms with Crippen LogP contribution in [0, 0.1) is 5.41 Å². The molecule has 0 atom stereocenters. The van der Waals surface area contributed by atoms with E-state index in [-0.39, 0.29) is 0 Å². The molecule has 0 spiro atoms. The molecule has 0 heterocycles. The molecule has 0 aromatic carbocycles. The third-order valence-corrected chi connectivity index (χ3v) is 2.13. The molecule has 14 heavy (non-hydrogen) atoms. The minimum Gasteiger partial charge on any atom is -0.297 e. The van der Waals surface area contributed by atoms with Gasteiger partial charge in [-0.1, -0.05) is 53.4 Å². The summed E-state index contributed by atoms with van der Waals surface area (Å²) in [5.74, 6) is 0. The van der Waals surface area contributed by atoms with Crippen molar-refractivity contribution in [1.29, 1.82) is 0 Å². The van der Waals surface area contributed by atoms with Gasteiger partial charge in [-0.05, 0) is 24.5 Å². The van der Waals surface area contributed by atoms with Crippen LogP contribution >= 0.6 is 0 Å². The van der Waals surface area contributed by atoms with Crippen molar-refractivity contribution >= 4 is 6.21 Å². The van der Waals surface area contributed by atoms with E-state index in [0.717, 1.165) is 6.54 Å². The van der Waals surface area contributed by atoms with Crippen molar-refractivity contribution in [3.05, 3.63) is 0 Å². The van der Waals surface area contributed by atoms with Gasteiger partial charge >= 0.3 is 0 Å². The normalized spacial score (nSPS) is 12.6. The van der Waals surface area contributed by atoms with Gasteiger partial charge in [0.2, 0.25) is 0 Å². The maximum Gasteiger partial charge on any atom is 0.0433 e. The molecule has 0 saturated carbocycles. The quantitative estimate of drug-likeness (QED) is 0.422. The van der Waals surface area contributed by atoms with Crippen LogP contribution in [0.25, 0.3) is 0 Å². The van der Waals surface area contributed by atoms with Gasteiger partial charge in [0.1, 0.15) is 0 Å². The Kier molecular flexibility index (Phi) is 7.83. The molecular formula is C13H27N. The third kappa shape index (κ3) is 11.7. The molecule has 0 bridgehead atoms.